The summed E-state index contributed by atoms with van der Waals surface area (Å²) in [4.78, 5) is 35.9. The van der Waals surface area contributed by atoms with Gasteiger partial charge < -0.3 is 15.7 Å². The Kier molecular flexibility index (Phi) is 8.67. The molecule has 1 aromatic carbocycles. The van der Waals surface area contributed by atoms with Gasteiger partial charge in [-0.1, -0.05) is 50.6 Å². The molecule has 0 heterocycles. The number of aryl methyl sites for hydroxylation is 1. The second-order valence-electron chi connectivity index (χ2n) is 6.22. The molecule has 1 aromatic rings. The smallest absolute Gasteiger partial charge is 0.307 e. The Hall–Kier alpha value is -2.37. The highest BCUT2D eigenvalue weighted by atomic mass is 16.4. The van der Waals surface area contributed by atoms with E-state index < -0.39 is 23.8 Å². The second kappa shape index (κ2) is 10.5. The summed E-state index contributed by atoms with van der Waals surface area (Å²) in [6.45, 7) is 3.43. The molecule has 0 aromatic heterocycles. The lowest BCUT2D eigenvalue weighted by Gasteiger charge is -2.24. The van der Waals surface area contributed by atoms with Crippen LogP contribution in [0.15, 0.2) is 30.3 Å². The minimum Gasteiger partial charge on any atom is -0.481 e. The van der Waals surface area contributed by atoms with E-state index in [-0.39, 0.29) is 11.8 Å². The van der Waals surface area contributed by atoms with E-state index >= 15 is 0 Å². The molecule has 3 N–H and O–H groups in total. The number of amides is 2. The highest BCUT2D eigenvalue weighted by molar-refractivity contribution is 5.90. The number of hydrogen-bond acceptors (Lipinski definition) is 3. The highest BCUT2D eigenvalue weighted by Crippen LogP contribution is 2.19. The number of carbonyl (C=O) groups excluding carboxylic acids is 2. The van der Waals surface area contributed by atoms with E-state index in [2.05, 4.69) is 10.6 Å². The maximum absolute atomic E-state index is 12.6. The summed E-state index contributed by atoms with van der Waals surface area (Å²) >= 11 is 0. The molecule has 0 saturated heterocycles. The summed E-state index contributed by atoms with van der Waals surface area (Å²) < 4.78 is 0. The summed E-state index contributed by atoms with van der Waals surface area (Å²) in [5.41, 5.74) is 1.08. The standard InChI is InChI=1S/C19H28N2O4/c1-4-8-15(13(2)19(24)25)17(22)21-16(18(23)20-3)12-11-14-9-6-5-7-10-14/h5-7,9-10,13,15-16H,4,8,11-12H2,1-3H3,(H,20,23)(H,21,22)(H,24,25)/t13?,15?,16-/m0/s1. The number of carbonyl (C=O) groups is 3. The molecular formula is C19H28N2O4. The number of likely N-dealkylation sites (N-methyl/N-ethyl adjacent to an activating group) is 1. The zero-order valence-corrected chi connectivity index (χ0v) is 15.1. The van der Waals surface area contributed by atoms with Crippen LogP contribution in [-0.4, -0.2) is 36.0 Å². The van der Waals surface area contributed by atoms with E-state index in [0.717, 1.165) is 5.56 Å². The van der Waals surface area contributed by atoms with Gasteiger partial charge in [0.1, 0.15) is 6.04 Å². The summed E-state index contributed by atoms with van der Waals surface area (Å²) in [5.74, 6) is -3.10. The van der Waals surface area contributed by atoms with E-state index in [0.29, 0.717) is 25.7 Å². The average Bonchev–Trinajstić information content (AvgIpc) is 2.62. The van der Waals surface area contributed by atoms with Crippen LogP contribution < -0.4 is 10.6 Å². The summed E-state index contributed by atoms with van der Waals surface area (Å²) in [6, 6.07) is 9.02. The van der Waals surface area contributed by atoms with E-state index in [1.54, 1.807) is 0 Å². The normalized spacial score (nSPS) is 14.2. The molecule has 0 aliphatic rings. The number of rotatable bonds is 10. The Labute approximate surface area is 149 Å². The maximum atomic E-state index is 12.6. The molecule has 0 radical (unpaired) electrons. The number of hydrogen-bond donors (Lipinski definition) is 3. The molecule has 3 atom stereocenters. The van der Waals surface area contributed by atoms with Gasteiger partial charge in [-0.3, -0.25) is 14.4 Å². The minimum atomic E-state index is -1.01. The maximum Gasteiger partial charge on any atom is 0.307 e. The van der Waals surface area contributed by atoms with Gasteiger partial charge >= 0.3 is 5.97 Å². The van der Waals surface area contributed by atoms with Crippen molar-refractivity contribution in [2.45, 2.75) is 45.6 Å². The van der Waals surface area contributed by atoms with Crippen molar-refractivity contribution in [2.75, 3.05) is 7.05 Å². The molecule has 0 aliphatic heterocycles. The quantitative estimate of drug-likeness (QED) is 0.602. The van der Waals surface area contributed by atoms with Gasteiger partial charge in [-0.05, 0) is 24.8 Å². The van der Waals surface area contributed by atoms with Crippen molar-refractivity contribution in [1.82, 2.24) is 10.6 Å². The van der Waals surface area contributed by atoms with Gasteiger partial charge in [-0.25, -0.2) is 0 Å². The Morgan fingerprint density at radius 2 is 1.72 bits per heavy atom. The molecule has 1 rings (SSSR count). The summed E-state index contributed by atoms with van der Waals surface area (Å²) in [6.07, 6.45) is 2.27. The first-order chi connectivity index (χ1) is 11.9. The third-order valence-electron chi connectivity index (χ3n) is 4.37. The van der Waals surface area contributed by atoms with Crippen molar-refractivity contribution in [2.24, 2.45) is 11.8 Å². The van der Waals surface area contributed by atoms with E-state index in [1.807, 2.05) is 37.3 Å². The molecule has 6 nitrogen and oxygen atoms in total. The Morgan fingerprint density at radius 3 is 2.24 bits per heavy atom. The molecule has 6 heteroatoms. The Morgan fingerprint density at radius 1 is 1.08 bits per heavy atom. The van der Waals surface area contributed by atoms with Gasteiger partial charge in [-0.15, -0.1) is 0 Å². The Bertz CT molecular complexity index is 574. The SMILES string of the molecule is CCCC(C(=O)N[C@@H](CCc1ccccc1)C(=O)NC)C(C)C(=O)O. The fraction of sp³-hybridized carbons (Fsp3) is 0.526. The van der Waals surface area contributed by atoms with Crippen molar-refractivity contribution < 1.29 is 19.5 Å². The first-order valence-electron chi connectivity index (χ1n) is 8.69. The van der Waals surface area contributed by atoms with Crippen LogP contribution in [0.1, 0.15) is 38.7 Å². The van der Waals surface area contributed by atoms with Gasteiger partial charge in [-0.2, -0.15) is 0 Å². The average molecular weight is 348 g/mol. The molecule has 0 saturated carbocycles. The fourth-order valence-electron chi connectivity index (χ4n) is 2.77. The number of carboxylic acid groups (broad SMARTS) is 1. The van der Waals surface area contributed by atoms with Crippen molar-refractivity contribution in [3.05, 3.63) is 35.9 Å². The molecule has 2 unspecified atom stereocenters. The molecule has 0 fully saturated rings. The van der Waals surface area contributed by atoms with Crippen LogP contribution in [0.5, 0.6) is 0 Å². The molecule has 138 valence electrons. The topological polar surface area (TPSA) is 95.5 Å². The molecule has 25 heavy (non-hydrogen) atoms. The van der Waals surface area contributed by atoms with Crippen LogP contribution in [-0.2, 0) is 20.8 Å². The van der Waals surface area contributed by atoms with E-state index in [4.69, 9.17) is 0 Å². The lowest BCUT2D eigenvalue weighted by molar-refractivity contribution is -0.147. The van der Waals surface area contributed by atoms with Crippen LogP contribution in [0.4, 0.5) is 0 Å². The fourth-order valence-corrected chi connectivity index (χ4v) is 2.77. The van der Waals surface area contributed by atoms with Crippen molar-refractivity contribution in [1.29, 1.82) is 0 Å². The van der Waals surface area contributed by atoms with Crippen molar-refractivity contribution in [3.63, 3.8) is 0 Å². The minimum absolute atomic E-state index is 0.275. The zero-order valence-electron chi connectivity index (χ0n) is 15.1. The van der Waals surface area contributed by atoms with E-state index in [9.17, 15) is 19.5 Å². The van der Waals surface area contributed by atoms with E-state index in [1.165, 1.54) is 14.0 Å². The zero-order chi connectivity index (χ0) is 18.8. The molecule has 2 amide bonds. The molecule has 0 bridgehead atoms. The lowest BCUT2D eigenvalue weighted by Crippen LogP contribution is -2.49. The van der Waals surface area contributed by atoms with Crippen LogP contribution in [0.3, 0.4) is 0 Å². The van der Waals surface area contributed by atoms with Crippen molar-refractivity contribution in [3.8, 4) is 0 Å². The third-order valence-corrected chi connectivity index (χ3v) is 4.37. The summed E-state index contributed by atoms with van der Waals surface area (Å²) in [7, 11) is 1.52. The van der Waals surface area contributed by atoms with Crippen molar-refractivity contribution >= 4 is 17.8 Å². The predicted molar refractivity (Wildman–Crippen MR) is 96.0 cm³/mol. The van der Waals surface area contributed by atoms with Gasteiger partial charge in [0.15, 0.2) is 0 Å². The number of nitrogens with one attached hydrogen (secondary N) is 2. The molecular weight excluding hydrogens is 320 g/mol. The predicted octanol–water partition coefficient (Wildman–Crippen LogP) is 1.99. The molecule has 0 aliphatic carbocycles. The highest BCUT2D eigenvalue weighted by Gasteiger charge is 2.31. The summed E-state index contributed by atoms with van der Waals surface area (Å²) in [5, 5.41) is 14.5. The Balaban J connectivity index is 2.79. The molecule has 0 spiro atoms. The number of aliphatic carboxylic acids is 1. The first kappa shape index (κ1) is 20.7. The van der Waals surface area contributed by atoms with Crippen LogP contribution in [0.25, 0.3) is 0 Å². The van der Waals surface area contributed by atoms with Crippen LogP contribution in [0.2, 0.25) is 0 Å². The van der Waals surface area contributed by atoms with Gasteiger partial charge in [0, 0.05) is 7.05 Å². The van der Waals surface area contributed by atoms with Gasteiger partial charge in [0.05, 0.1) is 11.8 Å². The largest absolute Gasteiger partial charge is 0.481 e. The lowest BCUT2D eigenvalue weighted by atomic mass is 9.88. The van der Waals surface area contributed by atoms with Crippen LogP contribution in [0, 0.1) is 11.8 Å². The monoisotopic (exact) mass is 348 g/mol. The van der Waals surface area contributed by atoms with Gasteiger partial charge in [0.25, 0.3) is 0 Å². The van der Waals surface area contributed by atoms with Crippen LogP contribution >= 0.6 is 0 Å². The first-order valence-corrected chi connectivity index (χ1v) is 8.69. The van der Waals surface area contributed by atoms with Gasteiger partial charge in [0.2, 0.25) is 11.8 Å². The number of benzene rings is 1. The third kappa shape index (κ3) is 6.57. The number of carboxylic acids is 1. The second-order valence-corrected chi connectivity index (χ2v) is 6.22.